The second-order valence-electron chi connectivity index (χ2n) is 8.53. The van der Waals surface area contributed by atoms with Crippen molar-refractivity contribution in [3.05, 3.63) is 71.0 Å². The van der Waals surface area contributed by atoms with E-state index < -0.39 is 5.82 Å². The molecule has 1 amide bonds. The van der Waals surface area contributed by atoms with E-state index in [-0.39, 0.29) is 23.9 Å². The largest absolute Gasteiger partial charge is 0.494 e. The molecular weight excluding hydrogens is 467 g/mol. The second kappa shape index (κ2) is 9.67. The third kappa shape index (κ3) is 4.87. The molecule has 180 valence electrons. The van der Waals surface area contributed by atoms with Crippen molar-refractivity contribution in [2.24, 2.45) is 4.99 Å². The highest BCUT2D eigenvalue weighted by molar-refractivity contribution is 8.18. The van der Waals surface area contributed by atoms with Crippen molar-refractivity contribution < 1.29 is 18.7 Å². The third-order valence-corrected chi connectivity index (χ3v) is 6.82. The minimum Gasteiger partial charge on any atom is -0.494 e. The van der Waals surface area contributed by atoms with Crippen molar-refractivity contribution in [1.82, 2.24) is 14.7 Å². The Morgan fingerprint density at radius 2 is 1.89 bits per heavy atom. The topological polar surface area (TPSA) is 68.9 Å². The van der Waals surface area contributed by atoms with Crippen molar-refractivity contribution in [2.45, 2.75) is 26.1 Å². The number of hydrogen-bond acceptors (Lipinski definition) is 6. The number of carbonyl (C=O) groups is 1. The van der Waals surface area contributed by atoms with Crippen LogP contribution in [0.2, 0.25) is 0 Å². The van der Waals surface area contributed by atoms with Crippen molar-refractivity contribution in [2.75, 3.05) is 20.2 Å². The van der Waals surface area contributed by atoms with Crippen LogP contribution in [-0.2, 0) is 9.53 Å². The minimum absolute atomic E-state index is 0.0610. The summed E-state index contributed by atoms with van der Waals surface area (Å²) in [6, 6.07) is 14.3. The molecule has 0 saturated carbocycles. The second-order valence-corrected chi connectivity index (χ2v) is 9.54. The lowest BCUT2D eigenvalue weighted by Crippen LogP contribution is -2.47. The number of carbonyl (C=O) groups excluding carboxylic acids is 1. The zero-order valence-electron chi connectivity index (χ0n) is 19.6. The predicted octanol–water partition coefficient (Wildman–Crippen LogP) is 4.77. The van der Waals surface area contributed by atoms with E-state index in [1.54, 1.807) is 22.9 Å². The van der Waals surface area contributed by atoms with E-state index in [4.69, 9.17) is 14.6 Å². The van der Waals surface area contributed by atoms with Gasteiger partial charge in [0.25, 0.3) is 5.91 Å². The molecule has 0 spiro atoms. The first-order valence-corrected chi connectivity index (χ1v) is 12.1. The maximum Gasteiger partial charge on any atom is 0.286 e. The molecule has 2 aliphatic rings. The highest BCUT2D eigenvalue weighted by atomic mass is 32.2. The Hall–Kier alpha value is -3.43. The van der Waals surface area contributed by atoms with E-state index in [2.05, 4.69) is 9.89 Å². The number of ether oxygens (including phenoxy) is 2. The lowest BCUT2D eigenvalue weighted by molar-refractivity contribution is -0.113. The summed E-state index contributed by atoms with van der Waals surface area (Å²) in [4.78, 5) is 19.7. The predicted molar refractivity (Wildman–Crippen MR) is 135 cm³/mol. The first-order valence-electron chi connectivity index (χ1n) is 11.3. The Kier molecular flexibility index (Phi) is 6.44. The maximum absolute atomic E-state index is 14.5. The van der Waals surface area contributed by atoms with Crippen molar-refractivity contribution in [3.8, 4) is 22.7 Å². The van der Waals surface area contributed by atoms with Crippen LogP contribution >= 0.6 is 11.8 Å². The van der Waals surface area contributed by atoms with Crippen LogP contribution in [0, 0.1) is 5.82 Å². The Balaban J connectivity index is 1.51. The van der Waals surface area contributed by atoms with Gasteiger partial charge in [0.2, 0.25) is 0 Å². The molecule has 2 aromatic carbocycles. The zero-order chi connectivity index (χ0) is 24.5. The Labute approximate surface area is 207 Å². The molecule has 35 heavy (non-hydrogen) atoms. The molecule has 0 aliphatic carbocycles. The summed E-state index contributed by atoms with van der Waals surface area (Å²) >= 11 is 1.34. The van der Waals surface area contributed by atoms with Gasteiger partial charge in [0.1, 0.15) is 5.69 Å². The number of thioether (sulfide) groups is 1. The van der Waals surface area contributed by atoms with E-state index in [0.717, 1.165) is 5.69 Å². The average molecular weight is 493 g/mol. The van der Waals surface area contributed by atoms with Gasteiger partial charge in [-0.1, -0.05) is 18.2 Å². The highest BCUT2D eigenvalue weighted by Crippen LogP contribution is 2.35. The molecule has 0 radical (unpaired) electrons. The summed E-state index contributed by atoms with van der Waals surface area (Å²) in [5, 5.41) is 5.40. The molecule has 2 unspecified atom stereocenters. The van der Waals surface area contributed by atoms with Gasteiger partial charge < -0.3 is 14.4 Å². The van der Waals surface area contributed by atoms with Gasteiger partial charge in [-0.05, 0) is 62.0 Å². The van der Waals surface area contributed by atoms with Crippen molar-refractivity contribution >= 4 is 28.9 Å². The average Bonchev–Trinajstić information content (AvgIpc) is 3.43. The minimum atomic E-state index is -0.481. The lowest BCUT2D eigenvalue weighted by atomic mass is 10.1. The van der Waals surface area contributed by atoms with Gasteiger partial charge in [0, 0.05) is 30.4 Å². The van der Waals surface area contributed by atoms with Gasteiger partial charge in [-0.25, -0.2) is 9.07 Å². The van der Waals surface area contributed by atoms with Crippen molar-refractivity contribution in [1.29, 1.82) is 0 Å². The van der Waals surface area contributed by atoms with Gasteiger partial charge in [-0.3, -0.25) is 4.79 Å². The molecule has 2 atom stereocenters. The molecule has 7 nitrogen and oxygen atoms in total. The monoisotopic (exact) mass is 492 g/mol. The van der Waals surface area contributed by atoms with Crippen LogP contribution in [0.25, 0.3) is 23.0 Å². The number of hydrogen-bond donors (Lipinski definition) is 0. The van der Waals surface area contributed by atoms with Crippen LogP contribution in [-0.4, -0.2) is 58.2 Å². The van der Waals surface area contributed by atoms with Crippen LogP contribution in [0.5, 0.6) is 5.75 Å². The van der Waals surface area contributed by atoms with E-state index in [1.807, 2.05) is 50.4 Å². The molecule has 1 aromatic heterocycles. The number of aliphatic imine (C=N–C) groups is 1. The van der Waals surface area contributed by atoms with E-state index in [9.17, 15) is 9.18 Å². The number of benzene rings is 2. The fourth-order valence-corrected chi connectivity index (χ4v) is 5.17. The highest BCUT2D eigenvalue weighted by Gasteiger charge is 2.31. The fourth-order valence-electron chi connectivity index (χ4n) is 4.25. The molecule has 1 saturated heterocycles. The van der Waals surface area contributed by atoms with Gasteiger partial charge in [-0.2, -0.15) is 10.1 Å². The first kappa shape index (κ1) is 23.3. The number of rotatable bonds is 4. The maximum atomic E-state index is 14.5. The summed E-state index contributed by atoms with van der Waals surface area (Å²) in [5.74, 6) is -0.619. The van der Waals surface area contributed by atoms with Gasteiger partial charge in [0.15, 0.2) is 16.7 Å². The third-order valence-electron chi connectivity index (χ3n) is 5.77. The quantitative estimate of drug-likeness (QED) is 0.489. The molecule has 2 aliphatic heterocycles. The van der Waals surface area contributed by atoms with Crippen LogP contribution in [0.4, 0.5) is 4.39 Å². The molecular formula is C26H25FN4O3S. The summed E-state index contributed by atoms with van der Waals surface area (Å²) < 4.78 is 27.1. The molecule has 0 N–H and O–H groups in total. The molecule has 1 fully saturated rings. The van der Waals surface area contributed by atoms with E-state index >= 15 is 0 Å². The number of nitrogens with zero attached hydrogens (tertiary/aromatic N) is 4. The summed E-state index contributed by atoms with van der Waals surface area (Å²) in [7, 11) is 1.43. The smallest absolute Gasteiger partial charge is 0.286 e. The molecule has 5 rings (SSSR count). The molecule has 9 heteroatoms. The number of amides is 1. The summed E-state index contributed by atoms with van der Waals surface area (Å²) in [6.07, 6.45) is 3.74. The van der Waals surface area contributed by atoms with Crippen LogP contribution in [0.15, 0.2) is 64.6 Å². The summed E-state index contributed by atoms with van der Waals surface area (Å²) in [6.45, 7) is 5.39. The van der Waals surface area contributed by atoms with Gasteiger partial charge >= 0.3 is 0 Å². The zero-order valence-corrected chi connectivity index (χ0v) is 20.5. The molecule has 3 aromatic rings. The normalized spacial score (nSPS) is 21.5. The number of amidine groups is 1. The van der Waals surface area contributed by atoms with Crippen LogP contribution < -0.4 is 4.74 Å². The number of para-hydroxylation sites is 1. The van der Waals surface area contributed by atoms with E-state index in [0.29, 0.717) is 40.0 Å². The summed E-state index contributed by atoms with van der Waals surface area (Å²) in [5.41, 5.74) is 2.68. The number of halogens is 1. The standard InChI is InChI=1S/C26H25FN4O3S/c1-16-13-30(14-17(2)34-16)26-28-25(32)23(35-26)12-19-15-31(20-7-5-4-6-8-20)29-24(19)18-9-10-22(33-3)21(27)11-18/h4-12,15-17H,13-14H2,1-3H3. The van der Waals surface area contributed by atoms with Crippen LogP contribution in [0.1, 0.15) is 19.4 Å². The lowest BCUT2D eigenvalue weighted by Gasteiger charge is -2.35. The van der Waals surface area contributed by atoms with E-state index in [1.165, 1.54) is 24.9 Å². The molecule has 3 heterocycles. The first-order chi connectivity index (χ1) is 16.9. The van der Waals surface area contributed by atoms with Gasteiger partial charge in [-0.15, -0.1) is 0 Å². The Morgan fingerprint density at radius 1 is 1.14 bits per heavy atom. The fraction of sp³-hybridized carbons (Fsp3) is 0.269. The van der Waals surface area contributed by atoms with Crippen LogP contribution in [0.3, 0.4) is 0 Å². The Bertz CT molecular complexity index is 1310. The number of aromatic nitrogens is 2. The molecule has 0 bridgehead atoms. The van der Waals surface area contributed by atoms with Crippen molar-refractivity contribution in [3.63, 3.8) is 0 Å². The SMILES string of the molecule is COc1ccc(-c2nn(-c3ccccc3)cc2C=C2SC(N3CC(C)OC(C)C3)=NC2=O)cc1F. The Morgan fingerprint density at radius 3 is 2.57 bits per heavy atom. The number of morpholine rings is 1. The number of methoxy groups -OCH3 is 1. The van der Waals surface area contributed by atoms with Gasteiger partial charge in [0.05, 0.1) is 29.9 Å².